The number of halogens is 1. The van der Waals surface area contributed by atoms with Gasteiger partial charge >= 0.3 is 0 Å². The minimum Gasteiger partial charge on any atom is -0.412 e. The van der Waals surface area contributed by atoms with Crippen LogP contribution in [0.3, 0.4) is 0 Å². The van der Waals surface area contributed by atoms with Gasteiger partial charge in [0.1, 0.15) is 0 Å². The first-order valence-corrected chi connectivity index (χ1v) is 2.96. The van der Waals surface area contributed by atoms with Crippen molar-refractivity contribution >= 4 is 29.5 Å². The second-order valence-corrected chi connectivity index (χ2v) is 2.05. The average Bonchev–Trinajstić information content (AvgIpc) is 2.34. The number of hydrogen-bond donors (Lipinski definition) is 3. The number of hydrogen-bond acceptors (Lipinski definition) is 4. The Kier molecular flexibility index (Phi) is 5.49. The summed E-state index contributed by atoms with van der Waals surface area (Å²) in [4.78, 5) is 23.5. The van der Waals surface area contributed by atoms with Crippen molar-refractivity contribution in [3.05, 3.63) is 16.7 Å². The van der Waals surface area contributed by atoms with Gasteiger partial charge in [-0.05, 0) is 0 Å². The monoisotopic (exact) mass is 223 g/mol. The molecule has 0 aliphatic carbocycles. The number of nitrogen functional groups attached to an aromatic ring is 1. The summed E-state index contributed by atoms with van der Waals surface area (Å²) < 4.78 is 0. The third kappa shape index (κ3) is 2.19. The Morgan fingerprint density at radius 1 is 1.36 bits per heavy atom. The first kappa shape index (κ1) is 14.9. The Morgan fingerprint density at radius 3 is 2.64 bits per heavy atom. The summed E-state index contributed by atoms with van der Waals surface area (Å²) in [7, 11) is 0. The molecule has 0 amide bonds. The Morgan fingerprint density at radius 2 is 2.00 bits per heavy atom. The number of aromatic amines is 2. The second kappa shape index (κ2) is 5.17. The number of fused-ring (bicyclic) bond motifs is 1. The molecule has 14 heavy (non-hydrogen) atoms. The van der Waals surface area contributed by atoms with Crippen molar-refractivity contribution in [2.45, 2.75) is 0 Å². The summed E-state index contributed by atoms with van der Waals surface area (Å²) in [6.45, 7) is 0. The molecule has 0 bridgehead atoms. The SMILES string of the molecule is Cl.Nc1nc2nc[nH]c2c(=O)[nH]1.O.O. The van der Waals surface area contributed by atoms with Gasteiger partial charge in [0.25, 0.3) is 5.56 Å². The molecule has 0 saturated heterocycles. The molecule has 2 aromatic heterocycles. The van der Waals surface area contributed by atoms with Crippen molar-refractivity contribution in [3.63, 3.8) is 0 Å². The number of nitrogens with zero attached hydrogens (tertiary/aromatic N) is 2. The molecule has 2 heterocycles. The number of nitrogens with one attached hydrogen (secondary N) is 2. The molecule has 8 N–H and O–H groups in total. The molecule has 0 fully saturated rings. The molecule has 0 unspecified atom stereocenters. The third-order valence-electron chi connectivity index (χ3n) is 1.31. The van der Waals surface area contributed by atoms with Gasteiger partial charge in [-0.2, -0.15) is 4.98 Å². The topological polar surface area (TPSA) is 163 Å². The molecule has 0 atom stereocenters. The molecule has 0 aromatic carbocycles. The van der Waals surface area contributed by atoms with E-state index in [4.69, 9.17) is 5.73 Å². The quantitative estimate of drug-likeness (QED) is 0.471. The van der Waals surface area contributed by atoms with E-state index in [0.29, 0.717) is 11.2 Å². The van der Waals surface area contributed by atoms with Crippen LogP contribution in [0.4, 0.5) is 5.95 Å². The zero-order valence-corrected chi connectivity index (χ0v) is 7.68. The first-order chi connectivity index (χ1) is 5.27. The van der Waals surface area contributed by atoms with Crippen LogP contribution in [0.25, 0.3) is 11.2 Å². The van der Waals surface area contributed by atoms with Gasteiger partial charge in [-0.1, -0.05) is 0 Å². The lowest BCUT2D eigenvalue weighted by Crippen LogP contribution is -2.10. The van der Waals surface area contributed by atoms with Gasteiger partial charge in [0.2, 0.25) is 5.95 Å². The van der Waals surface area contributed by atoms with Gasteiger partial charge in [0.15, 0.2) is 11.2 Å². The van der Waals surface area contributed by atoms with Crippen LogP contribution in [0.2, 0.25) is 0 Å². The highest BCUT2D eigenvalue weighted by Gasteiger charge is 2.01. The normalized spacial score (nSPS) is 8.29. The van der Waals surface area contributed by atoms with Crippen LogP contribution in [-0.4, -0.2) is 30.9 Å². The predicted molar refractivity (Wildman–Crippen MR) is 53.4 cm³/mol. The van der Waals surface area contributed by atoms with Crippen molar-refractivity contribution in [2.24, 2.45) is 0 Å². The molecule has 0 aliphatic heterocycles. The summed E-state index contributed by atoms with van der Waals surface area (Å²) in [6.07, 6.45) is 1.40. The first-order valence-electron chi connectivity index (χ1n) is 2.96. The molecule has 80 valence electrons. The van der Waals surface area contributed by atoms with Crippen molar-refractivity contribution in [2.75, 3.05) is 5.73 Å². The fraction of sp³-hybridized carbons (Fsp3) is 0. The van der Waals surface area contributed by atoms with Crippen LogP contribution in [0.1, 0.15) is 0 Å². The summed E-state index contributed by atoms with van der Waals surface area (Å²) in [5, 5.41) is 0. The van der Waals surface area contributed by atoms with E-state index in [-0.39, 0.29) is 34.9 Å². The van der Waals surface area contributed by atoms with Gasteiger partial charge in [0, 0.05) is 0 Å². The van der Waals surface area contributed by atoms with Crippen LogP contribution in [-0.2, 0) is 0 Å². The van der Waals surface area contributed by atoms with Crippen LogP contribution in [0.15, 0.2) is 11.1 Å². The highest BCUT2D eigenvalue weighted by Crippen LogP contribution is 1.98. The van der Waals surface area contributed by atoms with E-state index in [1.165, 1.54) is 6.33 Å². The standard InChI is InChI=1S/C5H5N5O.ClH.2H2O/c6-5-9-3-2(4(11)10-5)7-1-8-3;;;/h1H,(H4,6,7,8,9,10,11);1H;2*1H2. The van der Waals surface area contributed by atoms with E-state index in [0.717, 1.165) is 0 Å². The maximum Gasteiger partial charge on any atom is 0.278 e. The summed E-state index contributed by atoms with van der Waals surface area (Å²) in [5.41, 5.74) is 5.65. The molecule has 0 saturated carbocycles. The number of anilines is 1. The Labute approximate surface area is 83.6 Å². The molecular formula is C5H10ClN5O3. The van der Waals surface area contributed by atoms with Crippen molar-refractivity contribution in [3.8, 4) is 0 Å². The highest BCUT2D eigenvalue weighted by molar-refractivity contribution is 5.85. The third-order valence-corrected chi connectivity index (χ3v) is 1.31. The van der Waals surface area contributed by atoms with E-state index >= 15 is 0 Å². The molecule has 2 aromatic rings. The highest BCUT2D eigenvalue weighted by atomic mass is 35.5. The smallest absolute Gasteiger partial charge is 0.278 e. The van der Waals surface area contributed by atoms with Crippen molar-refractivity contribution in [1.29, 1.82) is 0 Å². The largest absolute Gasteiger partial charge is 0.412 e. The zero-order chi connectivity index (χ0) is 7.84. The second-order valence-electron chi connectivity index (χ2n) is 2.05. The maximum atomic E-state index is 11.0. The van der Waals surface area contributed by atoms with E-state index in [2.05, 4.69) is 19.9 Å². The fourth-order valence-corrected chi connectivity index (χ4v) is 0.860. The van der Waals surface area contributed by atoms with Crippen LogP contribution in [0.5, 0.6) is 0 Å². The van der Waals surface area contributed by atoms with Gasteiger partial charge in [0.05, 0.1) is 6.33 Å². The average molecular weight is 224 g/mol. The van der Waals surface area contributed by atoms with E-state index in [9.17, 15) is 4.79 Å². The molecule has 0 aliphatic rings. The molecule has 8 nitrogen and oxygen atoms in total. The Balaban J connectivity index is 0. The molecule has 0 spiro atoms. The Bertz CT molecular complexity index is 452. The minimum absolute atomic E-state index is 0. The van der Waals surface area contributed by atoms with Gasteiger partial charge in [-0.3, -0.25) is 9.78 Å². The number of imidazole rings is 1. The lowest BCUT2D eigenvalue weighted by Gasteiger charge is -1.89. The van der Waals surface area contributed by atoms with E-state index in [1.54, 1.807) is 0 Å². The number of aromatic nitrogens is 4. The fourth-order valence-electron chi connectivity index (χ4n) is 0.860. The minimum atomic E-state index is -0.301. The molecule has 9 heteroatoms. The van der Waals surface area contributed by atoms with Crippen LogP contribution in [0, 0.1) is 0 Å². The van der Waals surface area contributed by atoms with Crippen LogP contribution < -0.4 is 11.3 Å². The van der Waals surface area contributed by atoms with Gasteiger partial charge < -0.3 is 21.7 Å². The maximum absolute atomic E-state index is 11.0. The lowest BCUT2D eigenvalue weighted by molar-refractivity contribution is 0.823. The summed E-state index contributed by atoms with van der Waals surface area (Å²) in [5.74, 6) is 0.0783. The predicted octanol–water partition coefficient (Wildman–Crippen LogP) is -2.00. The summed E-state index contributed by atoms with van der Waals surface area (Å²) >= 11 is 0. The molecule has 2 rings (SSSR count). The van der Waals surface area contributed by atoms with Crippen LogP contribution >= 0.6 is 12.4 Å². The number of rotatable bonds is 0. The van der Waals surface area contributed by atoms with E-state index in [1.807, 2.05) is 0 Å². The van der Waals surface area contributed by atoms with Crippen molar-refractivity contribution < 1.29 is 11.0 Å². The van der Waals surface area contributed by atoms with Crippen molar-refractivity contribution in [1.82, 2.24) is 19.9 Å². The molecular weight excluding hydrogens is 214 g/mol. The zero-order valence-electron chi connectivity index (χ0n) is 6.87. The van der Waals surface area contributed by atoms with E-state index < -0.39 is 0 Å². The number of H-pyrrole nitrogens is 2. The summed E-state index contributed by atoms with van der Waals surface area (Å²) in [6, 6.07) is 0. The Hall–Kier alpha value is -1.64. The van der Waals surface area contributed by atoms with Gasteiger partial charge in [-0.15, -0.1) is 12.4 Å². The molecule has 0 radical (unpaired) electrons. The lowest BCUT2D eigenvalue weighted by atomic mass is 10.5. The number of nitrogens with two attached hydrogens (primary N) is 1. The van der Waals surface area contributed by atoms with Gasteiger partial charge in [-0.25, -0.2) is 4.98 Å².